The van der Waals surface area contributed by atoms with Gasteiger partial charge in [0.25, 0.3) is 0 Å². The molecule has 1 aromatic heterocycles. The number of amides is 1. The summed E-state index contributed by atoms with van der Waals surface area (Å²) in [5.74, 6) is 0.561. The Labute approximate surface area is 103 Å². The first-order valence-electron chi connectivity index (χ1n) is 6.24. The number of nitrogens with zero attached hydrogens (tertiary/aromatic N) is 1. The van der Waals surface area contributed by atoms with E-state index in [1.165, 1.54) is 5.56 Å². The van der Waals surface area contributed by atoms with Crippen LogP contribution in [0.2, 0.25) is 0 Å². The van der Waals surface area contributed by atoms with Crippen LogP contribution in [0, 0.1) is 5.92 Å². The molecule has 0 aliphatic carbocycles. The normalized spacial score (nSPS) is 10.8. The highest BCUT2D eigenvalue weighted by Gasteiger charge is 2.02. The molecule has 0 bridgehead atoms. The van der Waals surface area contributed by atoms with Gasteiger partial charge in [0.1, 0.15) is 0 Å². The number of aromatic nitrogens is 1. The molecule has 0 aliphatic heterocycles. The Kier molecular flexibility index (Phi) is 5.77. The molecule has 0 spiro atoms. The Morgan fingerprint density at radius 2 is 2.24 bits per heavy atom. The lowest BCUT2D eigenvalue weighted by Gasteiger charge is -2.08. The zero-order valence-corrected chi connectivity index (χ0v) is 11.0. The van der Waals surface area contributed by atoms with Gasteiger partial charge in [0, 0.05) is 32.0 Å². The van der Waals surface area contributed by atoms with Crippen LogP contribution in [0.5, 0.6) is 0 Å². The Hall–Kier alpha value is -1.29. The Bertz CT molecular complexity index is 344. The fraction of sp³-hybridized carbons (Fsp3) is 0.615. The van der Waals surface area contributed by atoms with Gasteiger partial charge in [-0.2, -0.15) is 0 Å². The number of rotatable bonds is 7. The molecule has 17 heavy (non-hydrogen) atoms. The molecule has 0 unspecified atom stereocenters. The number of aryl methyl sites for hydroxylation is 1. The summed E-state index contributed by atoms with van der Waals surface area (Å²) >= 11 is 0. The third-order valence-corrected chi connectivity index (χ3v) is 2.50. The van der Waals surface area contributed by atoms with E-state index in [-0.39, 0.29) is 5.91 Å². The number of carbonyl (C=O) groups excluding carboxylic acids is 1. The van der Waals surface area contributed by atoms with Crippen LogP contribution in [0.1, 0.15) is 26.3 Å². The Balaban J connectivity index is 2.16. The molecular weight excluding hydrogens is 214 g/mol. The molecule has 4 nitrogen and oxygen atoms in total. The van der Waals surface area contributed by atoms with Gasteiger partial charge in [-0.1, -0.05) is 13.8 Å². The predicted molar refractivity (Wildman–Crippen MR) is 69.7 cm³/mol. The molecule has 0 radical (unpaired) electrons. The largest absolute Gasteiger partial charge is 0.355 e. The van der Waals surface area contributed by atoms with Crippen molar-refractivity contribution < 1.29 is 4.79 Å². The van der Waals surface area contributed by atoms with E-state index in [2.05, 4.69) is 54.4 Å². The second kappa shape index (κ2) is 7.12. The highest BCUT2D eigenvalue weighted by Crippen LogP contribution is 2.00. The molecule has 2 N–H and O–H groups in total. The molecule has 1 heterocycles. The monoisotopic (exact) mass is 237 g/mol. The first kappa shape index (κ1) is 13.8. The number of hydrogen-bond donors (Lipinski definition) is 2. The molecule has 0 atom stereocenters. The van der Waals surface area contributed by atoms with Crippen LogP contribution in [0.15, 0.2) is 18.5 Å². The van der Waals surface area contributed by atoms with Crippen LogP contribution in [0.4, 0.5) is 0 Å². The lowest BCUT2D eigenvalue weighted by Crippen LogP contribution is -2.35. The van der Waals surface area contributed by atoms with Gasteiger partial charge in [-0.05, 0) is 24.5 Å². The van der Waals surface area contributed by atoms with E-state index in [0.717, 1.165) is 19.6 Å². The third kappa shape index (κ3) is 5.54. The van der Waals surface area contributed by atoms with E-state index in [4.69, 9.17) is 0 Å². The summed E-state index contributed by atoms with van der Waals surface area (Å²) in [6.45, 7) is 9.12. The third-order valence-electron chi connectivity index (χ3n) is 2.50. The van der Waals surface area contributed by atoms with Gasteiger partial charge in [-0.15, -0.1) is 0 Å². The van der Waals surface area contributed by atoms with E-state index >= 15 is 0 Å². The quantitative estimate of drug-likeness (QED) is 0.752. The van der Waals surface area contributed by atoms with E-state index in [0.29, 0.717) is 12.5 Å². The molecule has 4 heteroatoms. The van der Waals surface area contributed by atoms with Crippen molar-refractivity contribution in [3.05, 3.63) is 24.0 Å². The number of nitrogens with one attached hydrogen (secondary N) is 2. The molecule has 1 aromatic rings. The molecule has 0 aliphatic rings. The SMILES string of the molecule is CCn1ccc(CNCC(=O)NCC(C)C)c1. The lowest BCUT2D eigenvalue weighted by atomic mass is 10.2. The first-order chi connectivity index (χ1) is 8.11. The standard InChI is InChI=1S/C13H23N3O/c1-4-16-6-5-12(10-16)8-14-9-13(17)15-7-11(2)3/h5-6,10-11,14H,4,7-9H2,1-3H3,(H,15,17). The maximum atomic E-state index is 11.4. The van der Waals surface area contributed by atoms with Crippen LogP contribution in [0.3, 0.4) is 0 Å². The van der Waals surface area contributed by atoms with Crippen LogP contribution in [0.25, 0.3) is 0 Å². The zero-order valence-electron chi connectivity index (χ0n) is 11.0. The van der Waals surface area contributed by atoms with Crippen molar-refractivity contribution in [3.63, 3.8) is 0 Å². The highest BCUT2D eigenvalue weighted by atomic mass is 16.1. The van der Waals surface area contributed by atoms with E-state index < -0.39 is 0 Å². The molecule has 0 saturated heterocycles. The van der Waals surface area contributed by atoms with Gasteiger partial charge in [0.05, 0.1) is 6.54 Å². The van der Waals surface area contributed by atoms with Crippen LogP contribution in [-0.4, -0.2) is 23.6 Å². The van der Waals surface area contributed by atoms with Crippen LogP contribution in [-0.2, 0) is 17.9 Å². The first-order valence-corrected chi connectivity index (χ1v) is 6.24. The summed E-state index contributed by atoms with van der Waals surface area (Å²) < 4.78 is 2.12. The average molecular weight is 237 g/mol. The minimum absolute atomic E-state index is 0.0635. The molecule has 1 amide bonds. The maximum Gasteiger partial charge on any atom is 0.233 e. The van der Waals surface area contributed by atoms with Crippen LogP contribution < -0.4 is 10.6 Å². The molecule has 96 valence electrons. The predicted octanol–water partition coefficient (Wildman–Crippen LogP) is 1.37. The van der Waals surface area contributed by atoms with Gasteiger partial charge in [0.15, 0.2) is 0 Å². The van der Waals surface area contributed by atoms with Gasteiger partial charge in [0.2, 0.25) is 5.91 Å². The summed E-state index contributed by atoms with van der Waals surface area (Å²) in [5, 5.41) is 6.02. The topological polar surface area (TPSA) is 46.1 Å². The van der Waals surface area contributed by atoms with Crippen LogP contribution >= 0.6 is 0 Å². The van der Waals surface area contributed by atoms with E-state index in [1.54, 1.807) is 0 Å². The summed E-state index contributed by atoms with van der Waals surface area (Å²) in [7, 11) is 0. The van der Waals surface area contributed by atoms with Gasteiger partial charge >= 0.3 is 0 Å². The van der Waals surface area contributed by atoms with Crippen molar-refractivity contribution in [2.75, 3.05) is 13.1 Å². The van der Waals surface area contributed by atoms with Crippen molar-refractivity contribution in [3.8, 4) is 0 Å². The fourth-order valence-electron chi connectivity index (χ4n) is 1.49. The Morgan fingerprint density at radius 3 is 2.82 bits per heavy atom. The number of carbonyl (C=O) groups is 1. The summed E-state index contributed by atoms with van der Waals surface area (Å²) in [5.41, 5.74) is 1.21. The second-order valence-electron chi connectivity index (χ2n) is 4.65. The van der Waals surface area contributed by atoms with Crippen molar-refractivity contribution in [2.24, 2.45) is 5.92 Å². The summed E-state index contributed by atoms with van der Waals surface area (Å²) in [6.07, 6.45) is 4.15. The average Bonchev–Trinajstić information content (AvgIpc) is 2.74. The van der Waals surface area contributed by atoms with Crippen molar-refractivity contribution in [1.82, 2.24) is 15.2 Å². The highest BCUT2D eigenvalue weighted by molar-refractivity contribution is 5.77. The zero-order chi connectivity index (χ0) is 12.7. The van der Waals surface area contributed by atoms with E-state index in [9.17, 15) is 4.79 Å². The minimum Gasteiger partial charge on any atom is -0.355 e. The van der Waals surface area contributed by atoms with Gasteiger partial charge in [-0.25, -0.2) is 0 Å². The molecular formula is C13H23N3O. The molecule has 0 aromatic carbocycles. The Morgan fingerprint density at radius 1 is 1.47 bits per heavy atom. The molecule has 1 rings (SSSR count). The van der Waals surface area contributed by atoms with Crippen molar-refractivity contribution >= 4 is 5.91 Å². The van der Waals surface area contributed by atoms with Gasteiger partial charge in [-0.3, -0.25) is 4.79 Å². The lowest BCUT2D eigenvalue weighted by molar-refractivity contribution is -0.120. The summed E-state index contributed by atoms with van der Waals surface area (Å²) in [6, 6.07) is 2.07. The molecule has 0 fully saturated rings. The second-order valence-corrected chi connectivity index (χ2v) is 4.65. The van der Waals surface area contributed by atoms with Crippen molar-refractivity contribution in [2.45, 2.75) is 33.9 Å². The maximum absolute atomic E-state index is 11.4. The smallest absolute Gasteiger partial charge is 0.233 e. The fourth-order valence-corrected chi connectivity index (χ4v) is 1.49. The van der Waals surface area contributed by atoms with E-state index in [1.807, 2.05) is 0 Å². The summed E-state index contributed by atoms with van der Waals surface area (Å²) in [4.78, 5) is 11.4. The van der Waals surface area contributed by atoms with Gasteiger partial charge < -0.3 is 15.2 Å². The van der Waals surface area contributed by atoms with Crippen molar-refractivity contribution in [1.29, 1.82) is 0 Å². The number of hydrogen-bond acceptors (Lipinski definition) is 2. The molecule has 0 saturated carbocycles. The minimum atomic E-state index is 0.0635.